The average molecular weight is 301 g/mol. The first-order valence-corrected chi connectivity index (χ1v) is 5.52. The molecule has 2 aromatic rings. The van der Waals surface area contributed by atoms with E-state index >= 15 is 0 Å². The van der Waals surface area contributed by atoms with Crippen molar-refractivity contribution >= 4 is 5.97 Å². The number of aromatic nitrogens is 1. The second-order valence-corrected chi connectivity index (χ2v) is 3.90. The average Bonchev–Trinajstić information content (AvgIpc) is 2.37. The van der Waals surface area contributed by atoms with Gasteiger partial charge in [-0.25, -0.2) is 14.2 Å². The predicted molar refractivity (Wildman–Crippen MR) is 62.7 cm³/mol. The maximum absolute atomic E-state index is 13.1. The summed E-state index contributed by atoms with van der Waals surface area (Å²) in [6.07, 6.45) is -3.69. The fourth-order valence-electron chi connectivity index (χ4n) is 1.55. The van der Waals surface area contributed by atoms with Gasteiger partial charge in [0.2, 0.25) is 5.88 Å². The summed E-state index contributed by atoms with van der Waals surface area (Å²) < 4.78 is 56.3. The van der Waals surface area contributed by atoms with Gasteiger partial charge in [0.25, 0.3) is 0 Å². The van der Waals surface area contributed by atoms with E-state index < -0.39 is 40.7 Å². The lowest BCUT2D eigenvalue weighted by Gasteiger charge is -2.13. The summed E-state index contributed by atoms with van der Waals surface area (Å²) in [6, 6.07) is 4.21. The van der Waals surface area contributed by atoms with E-state index in [0.29, 0.717) is 6.07 Å². The Labute approximate surface area is 115 Å². The fraction of sp³-hybridized carbons (Fsp3) is 0.0769. The summed E-state index contributed by atoms with van der Waals surface area (Å²) in [4.78, 5) is 14.4. The Kier molecular flexibility index (Phi) is 3.79. The highest BCUT2D eigenvalue weighted by atomic mass is 19.4. The van der Waals surface area contributed by atoms with Gasteiger partial charge in [-0.2, -0.15) is 13.2 Å². The molecule has 1 N–H and O–H groups in total. The lowest BCUT2D eigenvalue weighted by Crippen LogP contribution is -2.09. The molecule has 0 aliphatic rings. The number of rotatable bonds is 3. The van der Waals surface area contributed by atoms with Gasteiger partial charge in [-0.3, -0.25) is 0 Å². The molecule has 0 aliphatic carbocycles. The molecular formula is C13H7F4NO3. The van der Waals surface area contributed by atoms with Crippen LogP contribution in [0.3, 0.4) is 0 Å². The summed E-state index contributed by atoms with van der Waals surface area (Å²) in [5.74, 6) is -3.72. The minimum absolute atomic E-state index is 0.477. The minimum Gasteiger partial charge on any atom is -0.478 e. The van der Waals surface area contributed by atoms with Crippen LogP contribution in [0.5, 0.6) is 11.6 Å². The molecule has 0 radical (unpaired) electrons. The third-order valence-electron chi connectivity index (χ3n) is 2.46. The van der Waals surface area contributed by atoms with Crippen LogP contribution in [0.15, 0.2) is 36.5 Å². The molecular weight excluding hydrogens is 294 g/mol. The molecule has 8 heteroatoms. The second kappa shape index (κ2) is 5.39. The van der Waals surface area contributed by atoms with E-state index in [1.807, 2.05) is 0 Å². The molecule has 1 aromatic carbocycles. The molecule has 2 rings (SSSR count). The van der Waals surface area contributed by atoms with Crippen molar-refractivity contribution in [3.05, 3.63) is 53.5 Å². The minimum atomic E-state index is -4.74. The Hall–Kier alpha value is -2.64. The van der Waals surface area contributed by atoms with Crippen LogP contribution in [0.1, 0.15) is 15.9 Å². The van der Waals surface area contributed by atoms with E-state index in [9.17, 15) is 22.4 Å². The van der Waals surface area contributed by atoms with E-state index in [-0.39, 0.29) is 0 Å². The summed E-state index contributed by atoms with van der Waals surface area (Å²) in [7, 11) is 0. The number of hydrogen-bond acceptors (Lipinski definition) is 3. The van der Waals surface area contributed by atoms with Crippen LogP contribution >= 0.6 is 0 Å². The van der Waals surface area contributed by atoms with E-state index in [1.54, 1.807) is 0 Å². The van der Waals surface area contributed by atoms with Gasteiger partial charge in [0.05, 0.1) is 0 Å². The summed E-state index contributed by atoms with van der Waals surface area (Å²) in [5.41, 5.74) is -1.67. The van der Waals surface area contributed by atoms with Gasteiger partial charge in [-0.05, 0) is 24.3 Å². The van der Waals surface area contributed by atoms with Gasteiger partial charge in [0, 0.05) is 12.3 Å². The first-order valence-electron chi connectivity index (χ1n) is 5.52. The van der Waals surface area contributed by atoms with E-state index in [0.717, 1.165) is 30.5 Å². The quantitative estimate of drug-likeness (QED) is 0.878. The lowest BCUT2D eigenvalue weighted by atomic mass is 10.2. The van der Waals surface area contributed by atoms with Crippen LogP contribution in [-0.4, -0.2) is 16.1 Å². The zero-order valence-corrected chi connectivity index (χ0v) is 10.2. The molecule has 1 heterocycles. The Bertz CT molecular complexity index is 685. The van der Waals surface area contributed by atoms with Gasteiger partial charge in [-0.15, -0.1) is 0 Å². The van der Waals surface area contributed by atoms with Crippen molar-refractivity contribution in [1.29, 1.82) is 0 Å². The number of carbonyl (C=O) groups is 1. The molecule has 0 saturated carbocycles. The van der Waals surface area contributed by atoms with Gasteiger partial charge in [0.15, 0.2) is 0 Å². The summed E-state index contributed by atoms with van der Waals surface area (Å²) in [5, 5.41) is 8.92. The number of alkyl halides is 3. The molecule has 0 bridgehead atoms. The molecule has 0 spiro atoms. The van der Waals surface area contributed by atoms with Crippen molar-refractivity contribution in [2.24, 2.45) is 0 Å². The van der Waals surface area contributed by atoms with Crippen molar-refractivity contribution in [3.8, 4) is 11.6 Å². The van der Waals surface area contributed by atoms with Gasteiger partial charge in [0.1, 0.15) is 22.7 Å². The molecule has 21 heavy (non-hydrogen) atoms. The van der Waals surface area contributed by atoms with Crippen molar-refractivity contribution in [2.45, 2.75) is 6.18 Å². The van der Waals surface area contributed by atoms with Crippen LogP contribution in [0, 0.1) is 5.82 Å². The molecule has 110 valence electrons. The normalized spacial score (nSPS) is 11.2. The van der Waals surface area contributed by atoms with Crippen LogP contribution in [0.4, 0.5) is 17.6 Å². The highest BCUT2D eigenvalue weighted by Crippen LogP contribution is 2.37. The van der Waals surface area contributed by atoms with E-state index in [4.69, 9.17) is 9.84 Å². The second-order valence-electron chi connectivity index (χ2n) is 3.90. The molecule has 1 aromatic heterocycles. The molecule has 0 atom stereocenters. The van der Waals surface area contributed by atoms with Gasteiger partial charge in [-0.1, -0.05) is 0 Å². The van der Waals surface area contributed by atoms with Crippen LogP contribution in [0.2, 0.25) is 0 Å². The Balaban J connectivity index is 2.49. The van der Waals surface area contributed by atoms with Crippen LogP contribution in [-0.2, 0) is 6.18 Å². The van der Waals surface area contributed by atoms with Crippen molar-refractivity contribution < 1.29 is 32.2 Å². The predicted octanol–water partition coefficient (Wildman–Crippen LogP) is 3.73. The molecule has 0 aliphatic heterocycles. The number of hydrogen-bond donors (Lipinski definition) is 1. The van der Waals surface area contributed by atoms with Crippen molar-refractivity contribution in [1.82, 2.24) is 4.98 Å². The smallest absolute Gasteiger partial charge is 0.421 e. The topological polar surface area (TPSA) is 59.4 Å². The van der Waals surface area contributed by atoms with E-state index in [1.165, 1.54) is 0 Å². The maximum atomic E-state index is 13.1. The number of benzene rings is 1. The Morgan fingerprint density at radius 2 is 1.95 bits per heavy atom. The Morgan fingerprint density at radius 3 is 2.57 bits per heavy atom. The van der Waals surface area contributed by atoms with E-state index in [2.05, 4.69) is 4.98 Å². The maximum Gasteiger partial charge on any atom is 0.421 e. The number of ether oxygens (including phenoxy) is 1. The highest BCUT2D eigenvalue weighted by molar-refractivity contribution is 5.90. The summed E-state index contributed by atoms with van der Waals surface area (Å²) >= 11 is 0. The van der Waals surface area contributed by atoms with Crippen LogP contribution < -0.4 is 4.74 Å². The van der Waals surface area contributed by atoms with Crippen molar-refractivity contribution in [3.63, 3.8) is 0 Å². The standard InChI is InChI=1S/C13H7F4NO3/c14-7-3-4-8(12(19)20)10(6-7)21-11-9(13(15,16)17)2-1-5-18-11/h1-6H,(H,19,20). The number of aromatic carboxylic acids is 1. The molecule has 0 amide bonds. The Morgan fingerprint density at radius 1 is 1.24 bits per heavy atom. The van der Waals surface area contributed by atoms with Gasteiger partial charge >= 0.3 is 12.1 Å². The zero-order valence-electron chi connectivity index (χ0n) is 10.2. The molecule has 4 nitrogen and oxygen atoms in total. The first kappa shape index (κ1) is 14.8. The third kappa shape index (κ3) is 3.28. The monoisotopic (exact) mass is 301 g/mol. The highest BCUT2D eigenvalue weighted by Gasteiger charge is 2.35. The molecule has 0 fully saturated rings. The lowest BCUT2D eigenvalue weighted by molar-refractivity contribution is -0.138. The van der Waals surface area contributed by atoms with Gasteiger partial charge < -0.3 is 9.84 Å². The largest absolute Gasteiger partial charge is 0.478 e. The summed E-state index contributed by atoms with van der Waals surface area (Å²) in [6.45, 7) is 0. The molecule has 0 saturated heterocycles. The third-order valence-corrected chi connectivity index (χ3v) is 2.46. The molecule has 0 unspecified atom stereocenters. The number of carboxylic acids is 1. The van der Waals surface area contributed by atoms with Crippen molar-refractivity contribution in [2.75, 3.05) is 0 Å². The zero-order chi connectivity index (χ0) is 15.6. The number of carboxylic acid groups (broad SMARTS) is 1. The van der Waals surface area contributed by atoms with Crippen LogP contribution in [0.25, 0.3) is 0 Å². The number of nitrogens with zero attached hydrogens (tertiary/aromatic N) is 1. The SMILES string of the molecule is O=C(O)c1ccc(F)cc1Oc1ncccc1C(F)(F)F. The number of pyridine rings is 1. The number of halogens is 4. The fourth-order valence-corrected chi connectivity index (χ4v) is 1.55. The first-order chi connectivity index (χ1) is 9.79.